The molecule has 0 saturated heterocycles. The van der Waals surface area contributed by atoms with Crippen molar-refractivity contribution in [1.29, 1.82) is 0 Å². The molecule has 0 aromatic heterocycles. The van der Waals surface area contributed by atoms with Gasteiger partial charge in [-0.2, -0.15) is 0 Å². The van der Waals surface area contributed by atoms with Crippen LogP contribution in [0, 0.1) is 12.7 Å². The van der Waals surface area contributed by atoms with Gasteiger partial charge in [-0.1, -0.05) is 35.3 Å². The Hall–Kier alpha value is -1.09. The lowest BCUT2D eigenvalue weighted by molar-refractivity contribution is 0.616. The highest BCUT2D eigenvalue weighted by Gasteiger charge is 2.11. The van der Waals surface area contributed by atoms with Crippen LogP contribution in [0.2, 0.25) is 10.0 Å². The van der Waals surface area contributed by atoms with Crippen LogP contribution in [0.3, 0.4) is 0 Å². The summed E-state index contributed by atoms with van der Waals surface area (Å²) in [5.41, 5.74) is 9.08. The maximum atomic E-state index is 13.3. The minimum atomic E-state index is -0.234. The largest absolute Gasteiger partial charge is 0.327 e. The molecule has 20 heavy (non-hydrogen) atoms. The van der Waals surface area contributed by atoms with Gasteiger partial charge in [-0.15, -0.1) is 0 Å². The van der Waals surface area contributed by atoms with Crippen LogP contribution in [0.25, 0.3) is 0 Å². The van der Waals surface area contributed by atoms with Crippen LogP contribution >= 0.6 is 23.2 Å². The van der Waals surface area contributed by atoms with Crippen LogP contribution in [0.5, 0.6) is 0 Å². The molecule has 1 atom stereocenters. The maximum Gasteiger partial charge on any atom is 0.123 e. The average molecular weight is 312 g/mol. The second-order valence-corrected chi connectivity index (χ2v) is 5.82. The van der Waals surface area contributed by atoms with E-state index < -0.39 is 0 Å². The van der Waals surface area contributed by atoms with Gasteiger partial charge in [-0.05, 0) is 60.7 Å². The number of aryl methyl sites for hydroxylation is 1. The highest BCUT2D eigenvalue weighted by Crippen LogP contribution is 2.23. The van der Waals surface area contributed by atoms with Crippen molar-refractivity contribution in [3.8, 4) is 0 Å². The van der Waals surface area contributed by atoms with Crippen LogP contribution in [-0.2, 0) is 12.8 Å². The van der Waals surface area contributed by atoms with Gasteiger partial charge in [0.25, 0.3) is 0 Å². The summed E-state index contributed by atoms with van der Waals surface area (Å²) in [7, 11) is 0. The Bertz CT molecular complexity index is 613. The van der Waals surface area contributed by atoms with Crippen molar-refractivity contribution in [3.05, 3.63) is 69.0 Å². The number of benzene rings is 2. The first-order chi connectivity index (χ1) is 9.45. The Kier molecular flexibility index (Phi) is 5.03. The Balaban J connectivity index is 2.08. The van der Waals surface area contributed by atoms with Gasteiger partial charge in [0.05, 0.1) is 0 Å². The van der Waals surface area contributed by atoms with E-state index in [0.717, 1.165) is 16.7 Å². The van der Waals surface area contributed by atoms with Crippen molar-refractivity contribution < 1.29 is 4.39 Å². The second kappa shape index (κ2) is 6.57. The molecule has 1 nitrogen and oxygen atoms in total. The molecule has 0 spiro atoms. The molecule has 1 unspecified atom stereocenters. The Morgan fingerprint density at radius 3 is 2.45 bits per heavy atom. The minimum absolute atomic E-state index is 0.117. The zero-order chi connectivity index (χ0) is 14.7. The molecule has 2 rings (SSSR count). The first kappa shape index (κ1) is 15.3. The standard InChI is InChI=1S/C16H16Cl2FN/c1-10-2-5-14(19)6-12(10)8-15(20)7-11-3-4-13(17)9-16(11)18/h2-6,9,15H,7-8,20H2,1H3. The number of nitrogens with two attached hydrogens (primary N) is 1. The van der Waals surface area contributed by atoms with Crippen molar-refractivity contribution in [2.75, 3.05) is 0 Å². The highest BCUT2D eigenvalue weighted by molar-refractivity contribution is 6.35. The van der Waals surface area contributed by atoms with Gasteiger partial charge in [0.2, 0.25) is 0 Å². The zero-order valence-corrected chi connectivity index (χ0v) is 12.7. The molecule has 0 fully saturated rings. The summed E-state index contributed by atoms with van der Waals surface area (Å²) in [5, 5.41) is 1.22. The number of halogens is 3. The molecule has 0 radical (unpaired) electrons. The molecule has 0 heterocycles. The van der Waals surface area contributed by atoms with Gasteiger partial charge in [0.15, 0.2) is 0 Å². The van der Waals surface area contributed by atoms with Crippen LogP contribution in [0.15, 0.2) is 36.4 Å². The van der Waals surface area contributed by atoms with Gasteiger partial charge in [0.1, 0.15) is 5.82 Å². The quantitative estimate of drug-likeness (QED) is 0.880. The van der Waals surface area contributed by atoms with Gasteiger partial charge < -0.3 is 5.73 Å². The molecule has 0 aliphatic heterocycles. The molecule has 0 bridgehead atoms. The van der Waals surface area contributed by atoms with E-state index in [-0.39, 0.29) is 11.9 Å². The normalized spacial score (nSPS) is 12.4. The molecule has 106 valence electrons. The predicted molar refractivity (Wildman–Crippen MR) is 83.0 cm³/mol. The monoisotopic (exact) mass is 311 g/mol. The lowest BCUT2D eigenvalue weighted by Crippen LogP contribution is -2.26. The van der Waals surface area contributed by atoms with E-state index in [4.69, 9.17) is 28.9 Å². The second-order valence-electron chi connectivity index (χ2n) is 4.97. The topological polar surface area (TPSA) is 26.0 Å². The summed E-state index contributed by atoms with van der Waals surface area (Å²) in [4.78, 5) is 0. The first-order valence-corrected chi connectivity index (χ1v) is 7.16. The fourth-order valence-electron chi connectivity index (χ4n) is 2.18. The van der Waals surface area contributed by atoms with E-state index in [1.807, 2.05) is 13.0 Å². The first-order valence-electron chi connectivity index (χ1n) is 6.40. The summed E-state index contributed by atoms with van der Waals surface area (Å²) in [6, 6.07) is 10.0. The molecule has 0 amide bonds. The molecule has 0 aliphatic carbocycles. The van der Waals surface area contributed by atoms with Crippen molar-refractivity contribution in [1.82, 2.24) is 0 Å². The van der Waals surface area contributed by atoms with Gasteiger partial charge >= 0.3 is 0 Å². The van der Waals surface area contributed by atoms with E-state index in [1.165, 1.54) is 6.07 Å². The summed E-state index contributed by atoms with van der Waals surface area (Å²) in [5.74, 6) is -0.234. The summed E-state index contributed by atoms with van der Waals surface area (Å²) in [6.45, 7) is 1.96. The van der Waals surface area contributed by atoms with Crippen molar-refractivity contribution in [3.63, 3.8) is 0 Å². The van der Waals surface area contributed by atoms with E-state index in [0.29, 0.717) is 22.9 Å². The molecular formula is C16H16Cl2FN. The Morgan fingerprint density at radius 1 is 1.05 bits per heavy atom. The van der Waals surface area contributed by atoms with Crippen LogP contribution in [0.1, 0.15) is 16.7 Å². The van der Waals surface area contributed by atoms with E-state index in [9.17, 15) is 4.39 Å². The minimum Gasteiger partial charge on any atom is -0.327 e. The predicted octanol–water partition coefficient (Wildman–Crippen LogP) is 4.55. The fourth-order valence-corrected chi connectivity index (χ4v) is 2.67. The van der Waals surface area contributed by atoms with Crippen LogP contribution in [-0.4, -0.2) is 6.04 Å². The van der Waals surface area contributed by atoms with Gasteiger partial charge in [0, 0.05) is 16.1 Å². The van der Waals surface area contributed by atoms with Crippen molar-refractivity contribution in [2.45, 2.75) is 25.8 Å². The highest BCUT2D eigenvalue weighted by atomic mass is 35.5. The van der Waals surface area contributed by atoms with Gasteiger partial charge in [-0.25, -0.2) is 4.39 Å². The summed E-state index contributed by atoms with van der Waals surface area (Å²) in [6.07, 6.45) is 1.24. The third kappa shape index (κ3) is 3.95. The zero-order valence-electron chi connectivity index (χ0n) is 11.2. The smallest absolute Gasteiger partial charge is 0.123 e. The lowest BCUT2D eigenvalue weighted by Gasteiger charge is -2.14. The van der Waals surface area contributed by atoms with Crippen LogP contribution < -0.4 is 5.73 Å². The number of hydrogen-bond acceptors (Lipinski definition) is 1. The molecule has 0 saturated carbocycles. The molecule has 0 aliphatic rings. The lowest BCUT2D eigenvalue weighted by atomic mass is 9.97. The average Bonchev–Trinajstić information content (AvgIpc) is 2.37. The third-order valence-electron chi connectivity index (χ3n) is 3.29. The molecular weight excluding hydrogens is 296 g/mol. The molecule has 2 N–H and O–H groups in total. The van der Waals surface area contributed by atoms with Gasteiger partial charge in [-0.3, -0.25) is 0 Å². The molecule has 2 aromatic carbocycles. The SMILES string of the molecule is Cc1ccc(F)cc1CC(N)Cc1ccc(Cl)cc1Cl. The van der Waals surface area contributed by atoms with Crippen LogP contribution in [0.4, 0.5) is 4.39 Å². The van der Waals surface area contributed by atoms with E-state index in [2.05, 4.69) is 0 Å². The number of hydrogen-bond donors (Lipinski definition) is 1. The van der Waals surface area contributed by atoms with E-state index in [1.54, 1.807) is 24.3 Å². The molecule has 4 heteroatoms. The summed E-state index contributed by atoms with van der Waals surface area (Å²) < 4.78 is 13.3. The van der Waals surface area contributed by atoms with Crippen molar-refractivity contribution >= 4 is 23.2 Å². The summed E-state index contributed by atoms with van der Waals surface area (Å²) >= 11 is 12.0. The van der Waals surface area contributed by atoms with Crippen molar-refractivity contribution in [2.24, 2.45) is 5.73 Å². The Labute approximate surface area is 128 Å². The fraction of sp³-hybridized carbons (Fsp3) is 0.250. The van der Waals surface area contributed by atoms with E-state index >= 15 is 0 Å². The Morgan fingerprint density at radius 2 is 1.75 bits per heavy atom. The molecule has 2 aromatic rings. The third-order valence-corrected chi connectivity index (χ3v) is 3.88. The maximum absolute atomic E-state index is 13.3. The number of rotatable bonds is 4.